The van der Waals surface area contributed by atoms with Crippen LogP contribution in [0.25, 0.3) is 11.3 Å². The molecule has 4 N–H and O–H groups in total. The Morgan fingerprint density at radius 1 is 1.21 bits per heavy atom. The smallest absolute Gasteiger partial charge is 0.251 e. The van der Waals surface area contributed by atoms with Gasteiger partial charge >= 0.3 is 0 Å². The summed E-state index contributed by atoms with van der Waals surface area (Å²) in [6.45, 7) is -0.594. The molecule has 19 heavy (non-hydrogen) atoms. The van der Waals surface area contributed by atoms with Crippen LogP contribution in [0.3, 0.4) is 0 Å². The number of nitrogens with zero attached hydrogens (tertiary/aromatic N) is 1. The molecular weight excluding hydrogens is 246 g/mol. The van der Waals surface area contributed by atoms with Gasteiger partial charge in [0.15, 0.2) is 0 Å². The van der Waals surface area contributed by atoms with E-state index >= 15 is 0 Å². The summed E-state index contributed by atoms with van der Waals surface area (Å²) in [4.78, 5) is 11.8. The predicted octanol–water partition coefficient (Wildman–Crippen LogP) is 0.160. The number of carbonyl (C=O) groups is 1. The fourth-order valence-corrected chi connectivity index (χ4v) is 1.64. The van der Waals surface area contributed by atoms with Crippen molar-refractivity contribution in [1.82, 2.24) is 15.5 Å². The molecule has 2 aromatic rings. The summed E-state index contributed by atoms with van der Waals surface area (Å²) in [5, 5.41) is 27.0. The van der Waals surface area contributed by atoms with E-state index in [9.17, 15) is 4.79 Å². The average molecular weight is 261 g/mol. The second kappa shape index (κ2) is 6.12. The third-order valence-electron chi connectivity index (χ3n) is 2.73. The molecule has 0 aliphatic rings. The van der Waals surface area contributed by atoms with Gasteiger partial charge in [0.1, 0.15) is 0 Å². The molecule has 0 aliphatic heterocycles. The second-order valence-corrected chi connectivity index (χ2v) is 4.08. The van der Waals surface area contributed by atoms with Gasteiger partial charge in [-0.1, -0.05) is 12.1 Å². The van der Waals surface area contributed by atoms with Gasteiger partial charge in [0.25, 0.3) is 5.91 Å². The number of nitrogens with one attached hydrogen (secondary N) is 2. The molecule has 0 atom stereocenters. The molecule has 0 saturated heterocycles. The first-order valence-corrected chi connectivity index (χ1v) is 5.87. The minimum atomic E-state index is -0.639. The van der Waals surface area contributed by atoms with Crippen molar-refractivity contribution in [1.29, 1.82) is 0 Å². The molecule has 1 aromatic carbocycles. The van der Waals surface area contributed by atoms with Crippen LogP contribution in [0.5, 0.6) is 0 Å². The van der Waals surface area contributed by atoms with Gasteiger partial charge in [-0.25, -0.2) is 0 Å². The van der Waals surface area contributed by atoms with Gasteiger partial charge in [-0.2, -0.15) is 5.10 Å². The SMILES string of the molecule is O=C(NC(CO)CO)c1ccc(-c2ccn[nH]2)cc1. The van der Waals surface area contributed by atoms with Crippen molar-refractivity contribution >= 4 is 5.91 Å². The lowest BCUT2D eigenvalue weighted by Gasteiger charge is -2.13. The van der Waals surface area contributed by atoms with Crippen LogP contribution in [-0.2, 0) is 0 Å². The highest BCUT2D eigenvalue weighted by molar-refractivity contribution is 5.94. The van der Waals surface area contributed by atoms with Crippen molar-refractivity contribution in [2.24, 2.45) is 0 Å². The van der Waals surface area contributed by atoms with E-state index in [1.165, 1.54) is 0 Å². The third-order valence-corrected chi connectivity index (χ3v) is 2.73. The maximum Gasteiger partial charge on any atom is 0.251 e. The van der Waals surface area contributed by atoms with Crippen LogP contribution in [-0.4, -0.2) is 45.6 Å². The summed E-state index contributed by atoms with van der Waals surface area (Å²) in [5.74, 6) is -0.329. The molecule has 100 valence electrons. The largest absolute Gasteiger partial charge is 0.394 e. The van der Waals surface area contributed by atoms with Gasteiger partial charge in [0, 0.05) is 11.8 Å². The third kappa shape index (κ3) is 3.18. The van der Waals surface area contributed by atoms with Gasteiger partial charge in [-0.05, 0) is 23.8 Å². The van der Waals surface area contributed by atoms with E-state index in [1.807, 2.05) is 6.07 Å². The molecule has 0 radical (unpaired) electrons. The quantitative estimate of drug-likeness (QED) is 0.616. The van der Waals surface area contributed by atoms with E-state index in [-0.39, 0.29) is 19.1 Å². The fourth-order valence-electron chi connectivity index (χ4n) is 1.64. The van der Waals surface area contributed by atoms with Crippen LogP contribution >= 0.6 is 0 Å². The number of hydrogen-bond acceptors (Lipinski definition) is 4. The number of aliphatic hydroxyl groups excluding tert-OH is 2. The van der Waals surface area contributed by atoms with Crippen LogP contribution in [0, 0.1) is 0 Å². The lowest BCUT2D eigenvalue weighted by molar-refractivity contribution is 0.0879. The van der Waals surface area contributed by atoms with Crippen molar-refractivity contribution in [3.8, 4) is 11.3 Å². The molecule has 0 saturated carbocycles. The number of aromatic amines is 1. The highest BCUT2D eigenvalue weighted by Gasteiger charge is 2.12. The average Bonchev–Trinajstić information content (AvgIpc) is 2.99. The molecule has 1 heterocycles. The van der Waals surface area contributed by atoms with Crippen molar-refractivity contribution in [2.45, 2.75) is 6.04 Å². The molecule has 1 aromatic heterocycles. The first-order valence-electron chi connectivity index (χ1n) is 5.87. The highest BCUT2D eigenvalue weighted by Crippen LogP contribution is 2.16. The minimum Gasteiger partial charge on any atom is -0.394 e. The zero-order chi connectivity index (χ0) is 13.7. The Morgan fingerprint density at radius 2 is 1.89 bits per heavy atom. The van der Waals surface area contributed by atoms with E-state index in [0.717, 1.165) is 11.3 Å². The van der Waals surface area contributed by atoms with Gasteiger partial charge in [-0.15, -0.1) is 0 Å². The van der Waals surface area contributed by atoms with Crippen LogP contribution in [0.4, 0.5) is 0 Å². The Bertz CT molecular complexity index is 519. The number of amides is 1. The number of aliphatic hydroxyl groups is 2. The summed E-state index contributed by atoms with van der Waals surface area (Å²) in [7, 11) is 0. The molecule has 0 unspecified atom stereocenters. The van der Waals surface area contributed by atoms with Crippen molar-refractivity contribution in [2.75, 3.05) is 13.2 Å². The topological polar surface area (TPSA) is 98.2 Å². The standard InChI is InChI=1S/C13H15N3O3/c17-7-11(8-18)15-13(19)10-3-1-9(2-4-10)12-5-6-14-16-12/h1-6,11,17-18H,7-8H2,(H,14,16)(H,15,19). The predicted molar refractivity (Wildman–Crippen MR) is 69.4 cm³/mol. The van der Waals surface area contributed by atoms with Crippen molar-refractivity contribution in [3.63, 3.8) is 0 Å². The molecule has 0 spiro atoms. The number of carbonyl (C=O) groups excluding carboxylic acids is 1. The molecule has 6 heteroatoms. The number of H-pyrrole nitrogens is 1. The normalized spacial score (nSPS) is 10.7. The van der Waals surface area contributed by atoms with Gasteiger partial charge in [-0.3, -0.25) is 9.89 Å². The van der Waals surface area contributed by atoms with Crippen LogP contribution in [0.1, 0.15) is 10.4 Å². The van der Waals surface area contributed by atoms with E-state index < -0.39 is 6.04 Å². The minimum absolute atomic E-state index is 0.297. The Hall–Kier alpha value is -2.18. The summed E-state index contributed by atoms with van der Waals surface area (Å²) in [6, 6.07) is 8.15. The monoisotopic (exact) mass is 261 g/mol. The highest BCUT2D eigenvalue weighted by atomic mass is 16.3. The second-order valence-electron chi connectivity index (χ2n) is 4.08. The van der Waals surface area contributed by atoms with Gasteiger partial charge in [0.05, 0.1) is 24.9 Å². The van der Waals surface area contributed by atoms with E-state index in [0.29, 0.717) is 5.56 Å². The summed E-state index contributed by atoms with van der Waals surface area (Å²) < 4.78 is 0. The van der Waals surface area contributed by atoms with Gasteiger partial charge in [0.2, 0.25) is 0 Å². The molecule has 0 fully saturated rings. The number of benzene rings is 1. The molecule has 6 nitrogen and oxygen atoms in total. The lowest BCUT2D eigenvalue weighted by atomic mass is 10.1. The van der Waals surface area contributed by atoms with E-state index in [4.69, 9.17) is 10.2 Å². The van der Waals surface area contributed by atoms with E-state index in [1.54, 1.807) is 30.5 Å². The van der Waals surface area contributed by atoms with E-state index in [2.05, 4.69) is 15.5 Å². The lowest BCUT2D eigenvalue weighted by Crippen LogP contribution is -2.40. The van der Waals surface area contributed by atoms with Gasteiger partial charge < -0.3 is 15.5 Å². The fraction of sp³-hybridized carbons (Fsp3) is 0.231. The first-order chi connectivity index (χ1) is 9.24. The number of hydrogen-bond donors (Lipinski definition) is 4. The Morgan fingerprint density at radius 3 is 2.42 bits per heavy atom. The zero-order valence-corrected chi connectivity index (χ0v) is 10.2. The molecular formula is C13H15N3O3. The zero-order valence-electron chi connectivity index (χ0n) is 10.2. The van der Waals surface area contributed by atoms with Crippen molar-refractivity contribution in [3.05, 3.63) is 42.1 Å². The molecule has 2 rings (SSSR count). The maximum atomic E-state index is 11.8. The molecule has 0 bridgehead atoms. The summed E-state index contributed by atoms with van der Waals surface area (Å²) >= 11 is 0. The number of rotatable bonds is 5. The van der Waals surface area contributed by atoms with Crippen LogP contribution in [0.2, 0.25) is 0 Å². The Kier molecular flexibility index (Phi) is 4.27. The van der Waals surface area contributed by atoms with Crippen LogP contribution in [0.15, 0.2) is 36.5 Å². The Labute approximate surface area is 110 Å². The Balaban J connectivity index is 2.08. The first kappa shape index (κ1) is 13.3. The summed E-state index contributed by atoms with van der Waals surface area (Å²) in [5.41, 5.74) is 2.26. The van der Waals surface area contributed by atoms with Crippen LogP contribution < -0.4 is 5.32 Å². The summed E-state index contributed by atoms with van der Waals surface area (Å²) in [6.07, 6.45) is 1.66. The number of aromatic nitrogens is 2. The van der Waals surface area contributed by atoms with Crippen molar-refractivity contribution < 1.29 is 15.0 Å². The molecule has 1 amide bonds. The molecule has 0 aliphatic carbocycles. The maximum absolute atomic E-state index is 11.8.